The molecule has 1 aromatic carbocycles. The van der Waals surface area contributed by atoms with Crippen molar-refractivity contribution >= 4 is 22.9 Å². The maximum absolute atomic E-state index is 10.9. The molecule has 15 heavy (non-hydrogen) atoms. The molecule has 0 spiro atoms. The lowest BCUT2D eigenvalue weighted by molar-refractivity contribution is -0.114. The number of aryl methyl sites for hydroxylation is 2. The molecule has 0 aliphatic rings. The molecular weight excluding hydrogens is 190 g/mol. The zero-order valence-electron chi connectivity index (χ0n) is 9.03. The summed E-state index contributed by atoms with van der Waals surface area (Å²) in [6.07, 6.45) is 0. The smallest absolute Gasteiger partial charge is 0.223 e. The van der Waals surface area contributed by atoms with E-state index in [2.05, 4.69) is 10.3 Å². The number of fused-ring (bicyclic) bond motifs is 1. The summed E-state index contributed by atoms with van der Waals surface area (Å²) >= 11 is 0. The molecule has 2 aromatic rings. The maximum Gasteiger partial charge on any atom is 0.223 e. The molecule has 0 radical (unpaired) electrons. The number of anilines is 1. The maximum atomic E-state index is 10.9. The van der Waals surface area contributed by atoms with Gasteiger partial charge in [-0.15, -0.1) is 0 Å². The van der Waals surface area contributed by atoms with Crippen molar-refractivity contribution in [3.05, 3.63) is 23.8 Å². The first kappa shape index (κ1) is 9.71. The van der Waals surface area contributed by atoms with Crippen molar-refractivity contribution in [2.45, 2.75) is 13.8 Å². The van der Waals surface area contributed by atoms with Crippen LogP contribution >= 0.6 is 0 Å². The predicted molar refractivity (Wildman–Crippen MR) is 59.8 cm³/mol. The summed E-state index contributed by atoms with van der Waals surface area (Å²) in [5, 5.41) is 2.69. The van der Waals surface area contributed by atoms with Gasteiger partial charge in [0.05, 0.1) is 11.0 Å². The van der Waals surface area contributed by atoms with E-state index in [9.17, 15) is 4.79 Å². The van der Waals surface area contributed by atoms with Crippen molar-refractivity contribution in [3.63, 3.8) is 0 Å². The molecule has 4 heteroatoms. The van der Waals surface area contributed by atoms with Crippen LogP contribution in [0.5, 0.6) is 0 Å². The predicted octanol–water partition coefficient (Wildman–Crippen LogP) is 1.84. The Kier molecular flexibility index (Phi) is 2.19. The molecule has 0 bridgehead atoms. The van der Waals surface area contributed by atoms with Gasteiger partial charge in [-0.25, -0.2) is 4.98 Å². The average Bonchev–Trinajstić information content (AvgIpc) is 2.44. The van der Waals surface area contributed by atoms with Gasteiger partial charge in [-0.1, -0.05) is 6.07 Å². The highest BCUT2D eigenvalue weighted by molar-refractivity contribution is 5.89. The Balaban J connectivity index is 2.59. The van der Waals surface area contributed by atoms with E-state index < -0.39 is 0 Å². The number of imidazole rings is 1. The van der Waals surface area contributed by atoms with Crippen LogP contribution in [0.1, 0.15) is 12.5 Å². The molecule has 0 aliphatic carbocycles. The van der Waals surface area contributed by atoms with E-state index in [0.717, 1.165) is 11.0 Å². The summed E-state index contributed by atoms with van der Waals surface area (Å²) in [4.78, 5) is 15.3. The van der Waals surface area contributed by atoms with Crippen molar-refractivity contribution < 1.29 is 4.79 Å². The van der Waals surface area contributed by atoms with E-state index in [1.54, 1.807) is 0 Å². The third-order valence-corrected chi connectivity index (χ3v) is 2.32. The van der Waals surface area contributed by atoms with Gasteiger partial charge < -0.3 is 4.57 Å². The lowest BCUT2D eigenvalue weighted by atomic mass is 10.2. The topological polar surface area (TPSA) is 46.9 Å². The Labute approximate surface area is 87.9 Å². The Morgan fingerprint density at radius 1 is 1.47 bits per heavy atom. The van der Waals surface area contributed by atoms with Crippen LogP contribution in [0, 0.1) is 6.92 Å². The SMILES string of the molecule is CC(=O)Nc1nc2ccc(C)cc2n1C. The molecule has 4 nitrogen and oxygen atoms in total. The first-order valence-corrected chi connectivity index (χ1v) is 4.78. The van der Waals surface area contributed by atoms with Crippen LogP contribution in [0.2, 0.25) is 0 Å². The Bertz CT molecular complexity index is 528. The fourth-order valence-electron chi connectivity index (χ4n) is 1.57. The molecule has 1 amide bonds. The van der Waals surface area contributed by atoms with Crippen LogP contribution in [0.25, 0.3) is 11.0 Å². The number of nitrogens with one attached hydrogen (secondary N) is 1. The number of hydrogen-bond acceptors (Lipinski definition) is 2. The summed E-state index contributed by atoms with van der Waals surface area (Å²) in [5.41, 5.74) is 3.10. The highest BCUT2D eigenvalue weighted by atomic mass is 16.1. The molecule has 0 aliphatic heterocycles. The fourth-order valence-corrected chi connectivity index (χ4v) is 1.57. The lowest BCUT2D eigenvalue weighted by Crippen LogP contribution is -2.10. The molecule has 0 unspecified atom stereocenters. The van der Waals surface area contributed by atoms with Crippen molar-refractivity contribution in [1.82, 2.24) is 9.55 Å². The largest absolute Gasteiger partial charge is 0.313 e. The molecule has 0 saturated heterocycles. The number of amides is 1. The normalized spacial score (nSPS) is 10.6. The van der Waals surface area contributed by atoms with Crippen LogP contribution < -0.4 is 5.32 Å². The summed E-state index contributed by atoms with van der Waals surface area (Å²) in [5.74, 6) is 0.480. The second-order valence-corrected chi connectivity index (χ2v) is 3.67. The fraction of sp³-hybridized carbons (Fsp3) is 0.273. The number of aromatic nitrogens is 2. The van der Waals surface area contributed by atoms with Crippen LogP contribution in [-0.4, -0.2) is 15.5 Å². The van der Waals surface area contributed by atoms with Gasteiger partial charge in [0, 0.05) is 14.0 Å². The number of carbonyl (C=O) groups excluding carboxylic acids is 1. The van der Waals surface area contributed by atoms with E-state index in [4.69, 9.17) is 0 Å². The van der Waals surface area contributed by atoms with Gasteiger partial charge in [0.25, 0.3) is 0 Å². The molecule has 2 rings (SSSR count). The van der Waals surface area contributed by atoms with E-state index >= 15 is 0 Å². The number of hydrogen-bond donors (Lipinski definition) is 1. The van der Waals surface area contributed by atoms with E-state index in [1.165, 1.54) is 12.5 Å². The van der Waals surface area contributed by atoms with Gasteiger partial charge in [-0.05, 0) is 24.6 Å². The van der Waals surface area contributed by atoms with Crippen molar-refractivity contribution in [2.75, 3.05) is 5.32 Å². The van der Waals surface area contributed by atoms with Crippen molar-refractivity contribution in [1.29, 1.82) is 0 Å². The summed E-state index contributed by atoms with van der Waals surface area (Å²) in [6, 6.07) is 6.01. The van der Waals surface area contributed by atoms with Crippen LogP contribution in [0.15, 0.2) is 18.2 Å². The number of benzene rings is 1. The Morgan fingerprint density at radius 2 is 2.20 bits per heavy atom. The highest BCUT2D eigenvalue weighted by Gasteiger charge is 2.07. The zero-order chi connectivity index (χ0) is 11.0. The van der Waals surface area contributed by atoms with Gasteiger partial charge in [-0.3, -0.25) is 10.1 Å². The number of nitrogens with zero attached hydrogens (tertiary/aromatic N) is 2. The first-order chi connectivity index (χ1) is 7.08. The molecule has 1 aromatic heterocycles. The molecule has 1 heterocycles. The number of rotatable bonds is 1. The first-order valence-electron chi connectivity index (χ1n) is 4.78. The molecule has 1 N–H and O–H groups in total. The highest BCUT2D eigenvalue weighted by Crippen LogP contribution is 2.19. The second-order valence-electron chi connectivity index (χ2n) is 3.67. The molecule has 0 fully saturated rings. The molecule has 0 saturated carbocycles. The minimum atomic E-state index is -0.106. The van der Waals surface area contributed by atoms with Crippen LogP contribution in [0.4, 0.5) is 5.95 Å². The zero-order valence-corrected chi connectivity index (χ0v) is 9.03. The summed E-state index contributed by atoms with van der Waals surface area (Å²) < 4.78 is 1.88. The van der Waals surface area contributed by atoms with Crippen molar-refractivity contribution in [2.24, 2.45) is 7.05 Å². The van der Waals surface area contributed by atoms with Gasteiger partial charge in [-0.2, -0.15) is 0 Å². The monoisotopic (exact) mass is 203 g/mol. The molecular formula is C11H13N3O. The second kappa shape index (κ2) is 3.38. The lowest BCUT2D eigenvalue weighted by Gasteiger charge is -2.01. The Morgan fingerprint density at radius 3 is 2.87 bits per heavy atom. The quantitative estimate of drug-likeness (QED) is 0.768. The van der Waals surface area contributed by atoms with E-state index in [1.807, 2.05) is 36.7 Å². The minimum absolute atomic E-state index is 0.106. The van der Waals surface area contributed by atoms with E-state index in [0.29, 0.717) is 5.95 Å². The van der Waals surface area contributed by atoms with Gasteiger partial charge in [0.1, 0.15) is 0 Å². The molecule has 0 atom stereocenters. The standard InChI is InChI=1S/C11H13N3O/c1-7-4-5-9-10(6-7)14(3)11(13-9)12-8(2)15/h4-6H,1-3H3,(H,12,13,15). The third kappa shape index (κ3) is 1.70. The van der Waals surface area contributed by atoms with Gasteiger partial charge in [0.15, 0.2) is 0 Å². The average molecular weight is 203 g/mol. The minimum Gasteiger partial charge on any atom is -0.313 e. The van der Waals surface area contributed by atoms with Gasteiger partial charge in [0.2, 0.25) is 11.9 Å². The summed E-state index contributed by atoms with van der Waals surface area (Å²) in [7, 11) is 1.89. The summed E-state index contributed by atoms with van der Waals surface area (Å²) in [6.45, 7) is 3.51. The number of carbonyl (C=O) groups is 1. The molecule has 78 valence electrons. The van der Waals surface area contributed by atoms with Crippen LogP contribution in [-0.2, 0) is 11.8 Å². The Hall–Kier alpha value is -1.84. The van der Waals surface area contributed by atoms with E-state index in [-0.39, 0.29) is 5.91 Å². The van der Waals surface area contributed by atoms with Crippen molar-refractivity contribution in [3.8, 4) is 0 Å². The third-order valence-electron chi connectivity index (χ3n) is 2.32. The van der Waals surface area contributed by atoms with Crippen LogP contribution in [0.3, 0.4) is 0 Å². The van der Waals surface area contributed by atoms with Gasteiger partial charge >= 0.3 is 0 Å².